The van der Waals surface area contributed by atoms with Crippen LogP contribution in [0.3, 0.4) is 0 Å². The number of carbonyl (C=O) groups is 2. The van der Waals surface area contributed by atoms with Crippen LogP contribution in [0.2, 0.25) is 0 Å². The number of rotatable bonds is 4. The Kier molecular flexibility index (Phi) is 3.88. The molecule has 2 heterocycles. The number of nitrogens with zero attached hydrogens (tertiary/aromatic N) is 1. The summed E-state index contributed by atoms with van der Waals surface area (Å²) >= 11 is 0. The van der Waals surface area contributed by atoms with E-state index < -0.39 is 18.2 Å². The molecular weight excluding hydrogens is 236 g/mol. The molecule has 1 aromatic rings. The molecule has 18 heavy (non-hydrogen) atoms. The molecule has 2 rings (SSSR count). The molecule has 0 aromatic carbocycles. The van der Waals surface area contributed by atoms with Crippen molar-refractivity contribution in [2.75, 3.05) is 0 Å². The molecule has 96 valence electrons. The lowest BCUT2D eigenvalue weighted by Crippen LogP contribution is -2.35. The van der Waals surface area contributed by atoms with Crippen molar-refractivity contribution in [3.05, 3.63) is 30.1 Å². The number of hydrogen-bond donors (Lipinski definition) is 2. The van der Waals surface area contributed by atoms with Gasteiger partial charge in [-0.15, -0.1) is 0 Å². The van der Waals surface area contributed by atoms with Crippen molar-refractivity contribution >= 4 is 11.9 Å². The van der Waals surface area contributed by atoms with Crippen molar-refractivity contribution in [2.24, 2.45) is 0 Å². The molecular formula is C12H14N2O4. The highest BCUT2D eigenvalue weighted by Crippen LogP contribution is 2.19. The van der Waals surface area contributed by atoms with Crippen molar-refractivity contribution in [1.82, 2.24) is 10.3 Å². The second kappa shape index (κ2) is 5.59. The molecule has 0 bridgehead atoms. The quantitative estimate of drug-likeness (QED) is 0.804. The van der Waals surface area contributed by atoms with Crippen LogP contribution in [0.1, 0.15) is 18.5 Å². The normalized spacial score (nSPS) is 22.7. The van der Waals surface area contributed by atoms with Crippen LogP contribution in [0.15, 0.2) is 24.4 Å². The molecule has 1 saturated heterocycles. The smallest absolute Gasteiger partial charge is 0.332 e. The SMILES string of the molecule is O=C(NCc1ccccn1)[C@@H]1CC[C@H](C(=O)O)O1. The van der Waals surface area contributed by atoms with Crippen molar-refractivity contribution in [3.8, 4) is 0 Å². The van der Waals surface area contributed by atoms with Crippen LogP contribution >= 0.6 is 0 Å². The minimum absolute atomic E-state index is 0.288. The third-order valence-corrected chi connectivity index (χ3v) is 2.76. The van der Waals surface area contributed by atoms with Crippen molar-refractivity contribution < 1.29 is 19.4 Å². The largest absolute Gasteiger partial charge is 0.479 e. The van der Waals surface area contributed by atoms with Crippen LogP contribution in [0.5, 0.6) is 0 Å². The average molecular weight is 250 g/mol. The highest BCUT2D eigenvalue weighted by molar-refractivity contribution is 5.82. The molecule has 1 fully saturated rings. The number of carboxylic acids is 1. The first-order chi connectivity index (χ1) is 8.66. The highest BCUT2D eigenvalue weighted by atomic mass is 16.5. The van der Waals surface area contributed by atoms with Crippen molar-refractivity contribution in [1.29, 1.82) is 0 Å². The molecule has 2 atom stereocenters. The zero-order valence-electron chi connectivity index (χ0n) is 9.70. The van der Waals surface area contributed by atoms with E-state index in [1.807, 2.05) is 6.07 Å². The van der Waals surface area contributed by atoms with Crippen LogP contribution in [0, 0.1) is 0 Å². The predicted molar refractivity (Wildman–Crippen MR) is 61.6 cm³/mol. The average Bonchev–Trinajstić information content (AvgIpc) is 2.87. The Morgan fingerprint density at radius 3 is 2.78 bits per heavy atom. The predicted octanol–water partition coefficient (Wildman–Crippen LogP) is 0.330. The summed E-state index contributed by atoms with van der Waals surface area (Å²) in [4.78, 5) is 26.5. The van der Waals surface area contributed by atoms with E-state index in [4.69, 9.17) is 9.84 Å². The molecule has 2 N–H and O–H groups in total. The number of nitrogens with one attached hydrogen (secondary N) is 1. The first kappa shape index (κ1) is 12.5. The Morgan fingerprint density at radius 1 is 1.39 bits per heavy atom. The molecule has 6 heteroatoms. The van der Waals surface area contributed by atoms with Gasteiger partial charge >= 0.3 is 5.97 Å². The summed E-state index contributed by atoms with van der Waals surface area (Å²) < 4.78 is 5.14. The van der Waals surface area contributed by atoms with Crippen LogP contribution in [0.4, 0.5) is 0 Å². The number of aromatic nitrogens is 1. The van der Waals surface area contributed by atoms with E-state index in [-0.39, 0.29) is 5.91 Å². The fourth-order valence-corrected chi connectivity index (χ4v) is 1.81. The van der Waals surface area contributed by atoms with E-state index in [1.165, 1.54) is 0 Å². The van der Waals surface area contributed by atoms with Gasteiger partial charge in [0.05, 0.1) is 12.2 Å². The minimum atomic E-state index is -1.02. The van der Waals surface area contributed by atoms with Gasteiger partial charge in [0.1, 0.15) is 6.10 Å². The van der Waals surface area contributed by atoms with Gasteiger partial charge in [-0.2, -0.15) is 0 Å². The monoisotopic (exact) mass is 250 g/mol. The summed E-state index contributed by atoms with van der Waals surface area (Å²) in [5.74, 6) is -1.31. The van der Waals surface area contributed by atoms with Crippen molar-refractivity contribution in [2.45, 2.75) is 31.6 Å². The van der Waals surface area contributed by atoms with E-state index in [0.29, 0.717) is 19.4 Å². The second-order valence-corrected chi connectivity index (χ2v) is 4.07. The summed E-state index contributed by atoms with van der Waals surface area (Å²) in [7, 11) is 0. The molecule has 6 nitrogen and oxygen atoms in total. The summed E-state index contributed by atoms with van der Waals surface area (Å²) in [6.45, 7) is 0.317. The molecule has 1 aromatic heterocycles. The zero-order valence-corrected chi connectivity index (χ0v) is 9.70. The Labute approximate surface area is 104 Å². The fraction of sp³-hybridized carbons (Fsp3) is 0.417. The maximum atomic E-state index is 11.7. The highest BCUT2D eigenvalue weighted by Gasteiger charge is 2.34. The Bertz CT molecular complexity index is 435. The maximum Gasteiger partial charge on any atom is 0.332 e. The Morgan fingerprint density at radius 2 is 2.17 bits per heavy atom. The van der Waals surface area contributed by atoms with E-state index in [0.717, 1.165) is 5.69 Å². The van der Waals surface area contributed by atoms with Gasteiger partial charge in [-0.05, 0) is 25.0 Å². The van der Waals surface area contributed by atoms with Gasteiger partial charge < -0.3 is 15.2 Å². The standard InChI is InChI=1S/C12H14N2O4/c15-11(9-4-5-10(18-9)12(16)17)14-7-8-3-1-2-6-13-8/h1-3,6,9-10H,4-5,7H2,(H,14,15)(H,16,17)/t9-,10+/m0/s1. The van der Waals surface area contributed by atoms with Crippen molar-refractivity contribution in [3.63, 3.8) is 0 Å². The third kappa shape index (κ3) is 3.04. The number of carbonyl (C=O) groups excluding carboxylic acids is 1. The molecule has 1 amide bonds. The number of carboxylic acid groups (broad SMARTS) is 1. The molecule has 1 aliphatic heterocycles. The second-order valence-electron chi connectivity index (χ2n) is 4.07. The van der Waals surface area contributed by atoms with E-state index in [2.05, 4.69) is 10.3 Å². The lowest BCUT2D eigenvalue weighted by Gasteiger charge is -2.11. The Hall–Kier alpha value is -1.95. The summed E-state index contributed by atoms with van der Waals surface area (Å²) in [6.07, 6.45) is 0.918. The van der Waals surface area contributed by atoms with Crippen LogP contribution in [0.25, 0.3) is 0 Å². The number of aliphatic carboxylic acids is 1. The Balaban J connectivity index is 1.81. The zero-order chi connectivity index (χ0) is 13.0. The number of amides is 1. The van der Waals surface area contributed by atoms with Gasteiger partial charge in [-0.25, -0.2) is 4.79 Å². The van der Waals surface area contributed by atoms with Gasteiger partial charge in [0.25, 0.3) is 0 Å². The van der Waals surface area contributed by atoms with Gasteiger partial charge in [0, 0.05) is 6.20 Å². The lowest BCUT2D eigenvalue weighted by molar-refractivity contribution is -0.151. The first-order valence-electron chi connectivity index (χ1n) is 5.72. The van der Waals surface area contributed by atoms with Gasteiger partial charge in [0.15, 0.2) is 6.10 Å². The molecule has 0 unspecified atom stereocenters. The van der Waals surface area contributed by atoms with E-state index in [1.54, 1.807) is 18.3 Å². The van der Waals surface area contributed by atoms with Crippen LogP contribution < -0.4 is 5.32 Å². The minimum Gasteiger partial charge on any atom is -0.479 e. The molecule has 0 radical (unpaired) electrons. The molecule has 1 aliphatic rings. The maximum absolute atomic E-state index is 11.7. The van der Waals surface area contributed by atoms with Crippen LogP contribution in [-0.2, 0) is 20.9 Å². The third-order valence-electron chi connectivity index (χ3n) is 2.76. The van der Waals surface area contributed by atoms with Gasteiger partial charge in [-0.3, -0.25) is 9.78 Å². The summed E-state index contributed by atoms with van der Waals surface area (Å²) in [6, 6.07) is 5.43. The molecule has 0 saturated carbocycles. The van der Waals surface area contributed by atoms with E-state index >= 15 is 0 Å². The fourth-order valence-electron chi connectivity index (χ4n) is 1.81. The lowest BCUT2D eigenvalue weighted by atomic mass is 10.2. The van der Waals surface area contributed by atoms with Gasteiger partial charge in [-0.1, -0.05) is 6.07 Å². The molecule has 0 spiro atoms. The summed E-state index contributed by atoms with van der Waals surface area (Å²) in [5, 5.41) is 11.4. The topological polar surface area (TPSA) is 88.5 Å². The number of ether oxygens (including phenoxy) is 1. The summed E-state index contributed by atoms with van der Waals surface area (Å²) in [5.41, 5.74) is 0.749. The van der Waals surface area contributed by atoms with E-state index in [9.17, 15) is 9.59 Å². The number of pyridine rings is 1. The number of hydrogen-bond acceptors (Lipinski definition) is 4. The van der Waals surface area contributed by atoms with Crippen LogP contribution in [-0.4, -0.2) is 34.2 Å². The molecule has 0 aliphatic carbocycles. The van der Waals surface area contributed by atoms with Gasteiger partial charge in [0.2, 0.25) is 5.91 Å². The first-order valence-corrected chi connectivity index (χ1v) is 5.72.